The Kier molecular flexibility index (Phi) is 28.8. The number of hydrogen-bond acceptors (Lipinski definition) is 6. The number of nitrogens with zero attached hydrogens (tertiary/aromatic N) is 8. The van der Waals surface area contributed by atoms with Gasteiger partial charge in [0.1, 0.15) is 11.6 Å². The number of anilines is 8. The van der Waals surface area contributed by atoms with Crippen molar-refractivity contribution in [3.05, 3.63) is 442 Å². The Morgan fingerprint density at radius 3 is 0.913 bits per heavy atom. The molecule has 0 spiro atoms. The second-order valence-electron chi connectivity index (χ2n) is 52.2. The van der Waals surface area contributed by atoms with Gasteiger partial charge in [0.05, 0.1) is 0 Å². The molecule has 150 heavy (non-hydrogen) atoms. The molecule has 0 bridgehead atoms. The summed E-state index contributed by atoms with van der Waals surface area (Å²) in [5.74, 6) is 1.75. The molecule has 0 aliphatic carbocycles. The Morgan fingerprint density at radius 1 is 0.207 bits per heavy atom. The summed E-state index contributed by atoms with van der Waals surface area (Å²) in [6.07, 6.45) is 3.97. The number of rotatable bonds is 16. The number of aromatic nitrogens is 4. The van der Waals surface area contributed by atoms with Crippen LogP contribution in [0.15, 0.2) is 316 Å². The van der Waals surface area contributed by atoms with E-state index < -0.39 is 10.8 Å². The fourth-order valence-corrected chi connectivity index (χ4v) is 21.1. The van der Waals surface area contributed by atoms with Gasteiger partial charge in [-0.1, -0.05) is 396 Å². The summed E-state index contributed by atoms with van der Waals surface area (Å²) >= 11 is 0. The number of fused-ring (bicyclic) bond motifs is 8. The van der Waals surface area contributed by atoms with E-state index in [4.69, 9.17) is 9.97 Å². The van der Waals surface area contributed by atoms with Gasteiger partial charge in [-0.25, -0.2) is 9.97 Å². The van der Waals surface area contributed by atoms with Gasteiger partial charge in [-0.3, -0.25) is 0 Å². The average Bonchev–Trinajstić information content (AvgIpc) is 1.58. The second kappa shape index (κ2) is 39.7. The quantitative estimate of drug-likeness (QED) is 0.0899. The Morgan fingerprint density at radius 2 is 0.527 bits per heavy atom. The smallest absolute Gasteiger partial charge is 0.135 e. The number of benzene rings is 14. The molecule has 18 aromatic rings. The van der Waals surface area contributed by atoms with Crippen molar-refractivity contribution in [1.29, 1.82) is 0 Å². The molecule has 0 amide bonds. The van der Waals surface area contributed by atoms with Gasteiger partial charge in [-0.2, -0.15) is 101 Å². The summed E-state index contributed by atoms with van der Waals surface area (Å²) in [6, 6.07) is 129. The fraction of sp³-hybridized carbons (Fsp3) is 0.314. The van der Waals surface area contributed by atoms with Crippen molar-refractivity contribution in [2.45, 2.75) is 287 Å². The predicted molar refractivity (Wildman–Crippen MR) is 630 cm³/mol. The van der Waals surface area contributed by atoms with E-state index in [1.807, 2.05) is 12.4 Å². The zero-order valence-electron chi connectivity index (χ0n) is 94.4. The molecule has 0 saturated heterocycles. The minimum absolute atomic E-state index is 0. The maximum Gasteiger partial charge on any atom is 0.135 e. The van der Waals surface area contributed by atoms with Crippen LogP contribution in [-0.2, 0) is 107 Å². The Bertz CT molecular complexity index is 8010. The van der Waals surface area contributed by atoms with Crippen LogP contribution in [0.2, 0.25) is 0 Å². The Balaban J connectivity index is 0.000000201. The van der Waals surface area contributed by atoms with Crippen LogP contribution in [-0.4, -0.2) is 19.1 Å². The van der Waals surface area contributed by atoms with Crippen LogP contribution in [0, 0.1) is 37.6 Å². The van der Waals surface area contributed by atoms with E-state index >= 15 is 0 Å². The average molecular weight is 2330 g/mol. The predicted octanol–water partition coefficient (Wildman–Crippen LogP) is 37.4. The van der Waals surface area contributed by atoms with Crippen LogP contribution in [0.3, 0.4) is 0 Å². The van der Waals surface area contributed by atoms with Crippen LogP contribution < -0.4 is 19.6 Å². The van der Waals surface area contributed by atoms with Crippen molar-refractivity contribution >= 4 is 89.1 Å². The van der Waals surface area contributed by atoms with Crippen molar-refractivity contribution in [2.75, 3.05) is 19.6 Å². The van der Waals surface area contributed by atoms with E-state index in [1.54, 1.807) is 0 Å². The first kappa shape index (κ1) is 109. The molecule has 8 nitrogen and oxygen atoms in total. The fourth-order valence-electron chi connectivity index (χ4n) is 21.1. The summed E-state index contributed by atoms with van der Waals surface area (Å²) in [6.45, 7) is 78.5. The maximum absolute atomic E-state index is 5.19. The molecule has 2 aliphatic rings. The zero-order chi connectivity index (χ0) is 106. The van der Waals surface area contributed by atoms with Crippen LogP contribution in [0.1, 0.15) is 311 Å². The number of hydrogen-bond donors (Lipinski definition) is 0. The van der Waals surface area contributed by atoms with Crippen LogP contribution in [0.4, 0.5) is 45.5 Å². The van der Waals surface area contributed by atoms with Crippen molar-refractivity contribution in [1.82, 2.24) is 19.1 Å². The summed E-state index contributed by atoms with van der Waals surface area (Å²) in [4.78, 5) is 19.7. The minimum Gasteiger partial charge on any atom is -0.493 e. The minimum atomic E-state index is -0.501. The molecule has 20 rings (SSSR count). The first-order valence-corrected chi connectivity index (χ1v) is 53.2. The molecule has 6 heterocycles. The molecule has 0 unspecified atom stereocenters. The maximum atomic E-state index is 5.19. The standard InChI is InChI=1S/2C70H75N4.2Pt/c1-65(2,3)51-36-52(66(4,5)6)39-55(38-51)70(15,16)50-33-34-71-64(44-50)74-60-32-29-47(46-23-18-17-19-24-46)35-59(60)58-31-30-49(43-63(58)74)69(13,14)48-25-22-26-56(40-48)72-45-73(62-28-21-20-27-61(62)72)57-41-53(67(7,8)9)37-54(42-57)68(10,11)12;1-65(2,3)48-27-29-49(30-28-48)69(13,14)51-34-35-71-64(44-51)74-60-33-26-47(46-22-18-17-19-23-46)36-59(60)58-32-31-50(43-63(58)74)70(15,16)55-38-54(68(10,11)12)41-57(42-55)73-45-72(61-24-20-21-25-62(61)73)56-39-52(66(4,5)6)37-53(40-56)67(7,8)9;;/h17-39,41-42,44-45H,1-16H3;17-41,44-45H,1-16H3;;/q2*-3;;. The third-order valence-electron chi connectivity index (χ3n) is 31.7. The molecule has 0 N–H and O–H groups in total. The molecule has 0 radical (unpaired) electrons. The van der Waals surface area contributed by atoms with E-state index in [0.717, 1.165) is 112 Å². The monoisotopic (exact) mass is 2330 g/mol. The second-order valence-corrected chi connectivity index (χ2v) is 52.2. The summed E-state index contributed by atoms with van der Waals surface area (Å²) in [5, 5.41) is 4.63. The van der Waals surface area contributed by atoms with Crippen LogP contribution in [0.5, 0.6) is 0 Å². The van der Waals surface area contributed by atoms with Gasteiger partial charge in [0, 0.05) is 111 Å². The summed E-state index contributed by atoms with van der Waals surface area (Å²) in [7, 11) is 0. The van der Waals surface area contributed by atoms with Gasteiger partial charge in [0.25, 0.3) is 0 Å². The molecule has 0 fully saturated rings. The van der Waals surface area contributed by atoms with Gasteiger partial charge in [-0.15, -0.1) is 41.6 Å². The molecule has 2 aliphatic heterocycles. The molecule has 0 atom stereocenters. The van der Waals surface area contributed by atoms with Crippen molar-refractivity contribution in [3.63, 3.8) is 0 Å². The normalized spacial score (nSPS) is 13.7. The van der Waals surface area contributed by atoms with Crippen molar-refractivity contribution < 1.29 is 42.1 Å². The topological polar surface area (TPSA) is 48.6 Å². The third kappa shape index (κ3) is 21.0. The van der Waals surface area contributed by atoms with Gasteiger partial charge >= 0.3 is 0 Å². The molecular weight excluding hydrogens is 2180 g/mol. The van der Waals surface area contributed by atoms with Gasteiger partial charge in [-0.05, 0) is 233 Å². The van der Waals surface area contributed by atoms with Crippen molar-refractivity contribution in [2.24, 2.45) is 0 Å². The number of para-hydroxylation sites is 4. The molecule has 776 valence electrons. The Hall–Kier alpha value is -12.4. The van der Waals surface area contributed by atoms with E-state index in [2.05, 4.69) is 591 Å². The number of pyridine rings is 2. The van der Waals surface area contributed by atoms with E-state index in [-0.39, 0.29) is 96.3 Å². The zero-order valence-corrected chi connectivity index (χ0v) is 98.9. The first-order chi connectivity index (χ1) is 69.4. The molecule has 14 aromatic carbocycles. The van der Waals surface area contributed by atoms with Gasteiger partial charge < -0.3 is 28.7 Å². The van der Waals surface area contributed by atoms with Crippen LogP contribution in [0.25, 0.3) is 77.5 Å². The first-order valence-electron chi connectivity index (χ1n) is 53.2. The largest absolute Gasteiger partial charge is 0.493 e. The Labute approximate surface area is 925 Å². The summed E-state index contributed by atoms with van der Waals surface area (Å²) in [5.41, 5.74) is 36.2. The SMILES string of the molecule is CC(C)(C)c1cc(N2[CH-]N(c3[c-]c(C(C)(C)c4[c-]c5c(cc4)c4cc(-c6ccccc6)ccc4n5-c4cc(C(C)(C)c5cc(C(C)(C)C)cc(C(C)(C)C)c5)ccn4)ccc3)c3ccccc32)cc(C(C)(C)C)c1.CC(C)(C)c1ccc(C(C)(C)c2ccnc(-n3c4[c-]c(C(C)(C)c5[c-]c(N6[CH-]N(c7cc(C(C)(C)C)cc(C(C)(C)C)c7)c7ccccc76)cc(C(C)(C)C)c5)ccc4c4cc(-c5ccccc5)ccc43)c2)cc1.[Pt].[Pt]. The summed E-state index contributed by atoms with van der Waals surface area (Å²) < 4.78 is 4.68. The van der Waals surface area contributed by atoms with Crippen LogP contribution >= 0.6 is 0 Å². The van der Waals surface area contributed by atoms with E-state index in [0.29, 0.717) is 0 Å². The molecule has 10 heteroatoms. The molecule has 0 saturated carbocycles. The molecule has 4 aromatic heterocycles. The van der Waals surface area contributed by atoms with E-state index in [9.17, 15) is 0 Å². The molecular formula is C140H150N8Pt2-6. The van der Waals surface area contributed by atoms with Crippen molar-refractivity contribution in [3.8, 4) is 33.9 Å². The van der Waals surface area contributed by atoms with E-state index in [1.165, 1.54) is 99.8 Å². The van der Waals surface area contributed by atoms with Gasteiger partial charge in [0.2, 0.25) is 0 Å². The van der Waals surface area contributed by atoms with Gasteiger partial charge in [0.15, 0.2) is 0 Å². The third-order valence-corrected chi connectivity index (χ3v) is 31.7.